The van der Waals surface area contributed by atoms with Gasteiger partial charge in [0.2, 0.25) is 0 Å². The first kappa shape index (κ1) is 6.01. The van der Waals surface area contributed by atoms with Gasteiger partial charge in [-0.3, -0.25) is 0 Å². The minimum atomic E-state index is -0.223. The summed E-state index contributed by atoms with van der Waals surface area (Å²) in [5.41, 5.74) is 5.50. The number of β-amino-alcohol motifs (C(OH)–C–C–N with tert-alkyl or cyclic N) is 1. The minimum absolute atomic E-state index is 0.152. The van der Waals surface area contributed by atoms with E-state index in [2.05, 4.69) is 5.32 Å². The largest absolute Gasteiger partial charge is 0.392 e. The first-order chi connectivity index (χ1) is 3.79. The predicted molar refractivity (Wildman–Crippen MR) is 31.5 cm³/mol. The van der Waals surface area contributed by atoms with E-state index in [1.807, 2.05) is 0 Å². The Balaban J connectivity index is 2.23. The van der Waals surface area contributed by atoms with Crippen LogP contribution in [0.4, 0.5) is 0 Å². The van der Waals surface area contributed by atoms with Crippen molar-refractivity contribution in [3.8, 4) is 0 Å². The number of rotatable bonds is 0. The molecule has 2 atom stereocenters. The molecule has 0 radical (unpaired) electrons. The summed E-state index contributed by atoms with van der Waals surface area (Å²) in [6, 6.07) is 0.152. The molecule has 0 aliphatic carbocycles. The normalized spacial score (nSPS) is 39.8. The van der Waals surface area contributed by atoms with E-state index in [-0.39, 0.29) is 12.1 Å². The van der Waals surface area contributed by atoms with Gasteiger partial charge in [0.25, 0.3) is 0 Å². The molecule has 1 aliphatic heterocycles. The zero-order valence-corrected chi connectivity index (χ0v) is 4.80. The van der Waals surface area contributed by atoms with Crippen molar-refractivity contribution in [1.29, 1.82) is 0 Å². The Bertz CT molecular complexity index is 68.8. The van der Waals surface area contributed by atoms with Crippen LogP contribution in [0.2, 0.25) is 0 Å². The lowest BCUT2D eigenvalue weighted by molar-refractivity contribution is 0.133. The fraction of sp³-hybridized carbons (Fsp3) is 1.00. The van der Waals surface area contributed by atoms with Crippen LogP contribution in [0.25, 0.3) is 0 Å². The monoisotopic (exact) mass is 116 g/mol. The lowest BCUT2D eigenvalue weighted by Crippen LogP contribution is -2.46. The Morgan fingerprint density at radius 1 is 1.50 bits per heavy atom. The standard InChI is InChI=1S/C5H12N2O/c6-4-1-5(8)3-7-2-4/h4-5,7-8H,1-3,6H2/t4-,5-/m1/s1. The van der Waals surface area contributed by atoms with Crippen LogP contribution in [-0.4, -0.2) is 30.3 Å². The molecule has 3 heteroatoms. The number of nitrogens with one attached hydrogen (secondary N) is 1. The molecule has 0 spiro atoms. The highest BCUT2D eigenvalue weighted by molar-refractivity contribution is 4.76. The van der Waals surface area contributed by atoms with E-state index in [9.17, 15) is 0 Å². The van der Waals surface area contributed by atoms with Crippen LogP contribution < -0.4 is 11.1 Å². The number of hydrogen-bond acceptors (Lipinski definition) is 3. The molecule has 0 unspecified atom stereocenters. The zero-order chi connectivity index (χ0) is 5.98. The van der Waals surface area contributed by atoms with Gasteiger partial charge in [-0.25, -0.2) is 0 Å². The topological polar surface area (TPSA) is 58.3 Å². The highest BCUT2D eigenvalue weighted by Gasteiger charge is 2.14. The Kier molecular flexibility index (Phi) is 1.83. The average molecular weight is 116 g/mol. The van der Waals surface area contributed by atoms with Gasteiger partial charge < -0.3 is 16.2 Å². The third-order valence-electron chi connectivity index (χ3n) is 1.36. The van der Waals surface area contributed by atoms with E-state index in [0.29, 0.717) is 6.54 Å². The van der Waals surface area contributed by atoms with Gasteiger partial charge in [0, 0.05) is 19.1 Å². The zero-order valence-electron chi connectivity index (χ0n) is 4.80. The van der Waals surface area contributed by atoms with E-state index in [1.165, 1.54) is 0 Å². The Morgan fingerprint density at radius 3 is 2.62 bits per heavy atom. The lowest BCUT2D eigenvalue weighted by Gasteiger charge is -2.23. The second kappa shape index (κ2) is 2.44. The van der Waals surface area contributed by atoms with Gasteiger partial charge in [-0.05, 0) is 6.42 Å². The van der Waals surface area contributed by atoms with Crippen molar-refractivity contribution in [2.75, 3.05) is 13.1 Å². The fourth-order valence-corrected chi connectivity index (χ4v) is 0.951. The minimum Gasteiger partial charge on any atom is -0.392 e. The summed E-state index contributed by atoms with van der Waals surface area (Å²) < 4.78 is 0. The molecule has 0 aromatic heterocycles. The van der Waals surface area contributed by atoms with Gasteiger partial charge in [-0.15, -0.1) is 0 Å². The summed E-state index contributed by atoms with van der Waals surface area (Å²) in [5, 5.41) is 11.9. The smallest absolute Gasteiger partial charge is 0.0679 e. The number of aliphatic hydroxyl groups excluding tert-OH is 1. The van der Waals surface area contributed by atoms with E-state index in [4.69, 9.17) is 10.8 Å². The first-order valence-corrected chi connectivity index (χ1v) is 2.93. The van der Waals surface area contributed by atoms with Crippen LogP contribution in [0.15, 0.2) is 0 Å². The third kappa shape index (κ3) is 1.43. The van der Waals surface area contributed by atoms with Crippen LogP contribution in [-0.2, 0) is 0 Å². The maximum atomic E-state index is 8.94. The maximum absolute atomic E-state index is 8.94. The van der Waals surface area contributed by atoms with Gasteiger partial charge in [-0.1, -0.05) is 0 Å². The highest BCUT2D eigenvalue weighted by Crippen LogP contribution is 1.98. The number of nitrogens with two attached hydrogens (primary N) is 1. The summed E-state index contributed by atoms with van der Waals surface area (Å²) in [4.78, 5) is 0. The summed E-state index contributed by atoms with van der Waals surface area (Å²) in [6.07, 6.45) is 0.520. The van der Waals surface area contributed by atoms with Gasteiger partial charge in [0.15, 0.2) is 0 Å². The molecule has 8 heavy (non-hydrogen) atoms. The Morgan fingerprint density at radius 2 is 2.25 bits per heavy atom. The highest BCUT2D eigenvalue weighted by atomic mass is 16.3. The van der Waals surface area contributed by atoms with Gasteiger partial charge in [0.1, 0.15) is 0 Å². The van der Waals surface area contributed by atoms with Crippen LogP contribution in [0, 0.1) is 0 Å². The fourth-order valence-electron chi connectivity index (χ4n) is 0.951. The van der Waals surface area contributed by atoms with Crippen molar-refractivity contribution >= 4 is 0 Å². The number of piperidine rings is 1. The van der Waals surface area contributed by atoms with Gasteiger partial charge >= 0.3 is 0 Å². The quantitative estimate of drug-likeness (QED) is 0.367. The van der Waals surface area contributed by atoms with Crippen molar-refractivity contribution in [2.24, 2.45) is 5.73 Å². The van der Waals surface area contributed by atoms with E-state index < -0.39 is 0 Å². The van der Waals surface area contributed by atoms with Crippen LogP contribution in [0.1, 0.15) is 6.42 Å². The molecule has 1 heterocycles. The van der Waals surface area contributed by atoms with Crippen LogP contribution >= 0.6 is 0 Å². The Hall–Kier alpha value is -0.120. The molecule has 0 saturated carbocycles. The first-order valence-electron chi connectivity index (χ1n) is 2.93. The number of hydrogen-bond donors (Lipinski definition) is 3. The molecule has 1 saturated heterocycles. The van der Waals surface area contributed by atoms with Crippen LogP contribution in [0.5, 0.6) is 0 Å². The average Bonchev–Trinajstić information content (AvgIpc) is 1.64. The molecule has 48 valence electrons. The molecule has 0 aromatic carbocycles. The van der Waals surface area contributed by atoms with E-state index >= 15 is 0 Å². The second-order valence-electron chi connectivity index (χ2n) is 2.31. The van der Waals surface area contributed by atoms with Crippen molar-refractivity contribution in [2.45, 2.75) is 18.6 Å². The summed E-state index contributed by atoms with van der Waals surface area (Å²) in [7, 11) is 0. The van der Waals surface area contributed by atoms with Crippen molar-refractivity contribution in [3.05, 3.63) is 0 Å². The third-order valence-corrected chi connectivity index (χ3v) is 1.36. The maximum Gasteiger partial charge on any atom is 0.0679 e. The van der Waals surface area contributed by atoms with Crippen molar-refractivity contribution in [3.63, 3.8) is 0 Å². The van der Waals surface area contributed by atoms with Gasteiger partial charge in [-0.2, -0.15) is 0 Å². The Labute approximate surface area is 48.9 Å². The number of aliphatic hydroxyl groups is 1. The van der Waals surface area contributed by atoms with E-state index in [0.717, 1.165) is 13.0 Å². The van der Waals surface area contributed by atoms with E-state index in [1.54, 1.807) is 0 Å². The SMILES string of the molecule is N[C@H]1CNC[C@H](O)C1. The van der Waals surface area contributed by atoms with Crippen molar-refractivity contribution < 1.29 is 5.11 Å². The van der Waals surface area contributed by atoms with Gasteiger partial charge in [0.05, 0.1) is 6.10 Å². The molecule has 1 aliphatic rings. The summed E-state index contributed by atoms with van der Waals surface area (Å²) in [5.74, 6) is 0. The predicted octanol–water partition coefficient (Wildman–Crippen LogP) is -1.33. The molecule has 0 aromatic rings. The molecular weight excluding hydrogens is 104 g/mol. The molecule has 1 fully saturated rings. The molecular formula is C5H12N2O. The second-order valence-corrected chi connectivity index (χ2v) is 2.31. The lowest BCUT2D eigenvalue weighted by atomic mass is 10.1. The summed E-state index contributed by atoms with van der Waals surface area (Å²) in [6.45, 7) is 1.55. The van der Waals surface area contributed by atoms with Crippen molar-refractivity contribution in [1.82, 2.24) is 5.32 Å². The molecule has 0 bridgehead atoms. The molecule has 0 amide bonds. The molecule has 1 rings (SSSR count). The van der Waals surface area contributed by atoms with Crippen LogP contribution in [0.3, 0.4) is 0 Å². The molecule has 3 nitrogen and oxygen atoms in total. The molecule has 4 N–H and O–H groups in total. The summed E-state index contributed by atoms with van der Waals surface area (Å²) >= 11 is 0.